The summed E-state index contributed by atoms with van der Waals surface area (Å²) in [5, 5.41) is 13.3. The predicted octanol–water partition coefficient (Wildman–Crippen LogP) is 2.52. The van der Waals surface area contributed by atoms with Gasteiger partial charge in [0.15, 0.2) is 0 Å². The zero-order valence-electron chi connectivity index (χ0n) is 10.1. The molecule has 0 saturated heterocycles. The van der Waals surface area contributed by atoms with E-state index in [1.165, 1.54) is 4.90 Å². The molecule has 0 bridgehead atoms. The van der Waals surface area contributed by atoms with Crippen LogP contribution >= 0.6 is 27.3 Å². The first-order chi connectivity index (χ1) is 8.43. The molecule has 1 aromatic rings. The Kier molecular flexibility index (Phi) is 5.61. The number of amides is 2. The predicted molar refractivity (Wildman–Crippen MR) is 73.7 cm³/mol. The number of hydrogen-bond acceptors (Lipinski definition) is 3. The molecule has 100 valence electrons. The molecule has 1 heterocycles. The Labute approximate surface area is 118 Å². The molecule has 2 N–H and O–H groups in total. The van der Waals surface area contributed by atoms with E-state index in [4.69, 9.17) is 5.11 Å². The van der Waals surface area contributed by atoms with Crippen LogP contribution in [0.25, 0.3) is 0 Å². The van der Waals surface area contributed by atoms with E-state index in [-0.39, 0.29) is 6.03 Å². The molecule has 0 aromatic carbocycles. The Morgan fingerprint density at radius 2 is 2.28 bits per heavy atom. The summed E-state index contributed by atoms with van der Waals surface area (Å²) in [6, 6.07) is 0.715. The SMILES string of the molecule is CCC(NC(=O)N(C)Cc1cc(Br)cs1)C(=O)O. The van der Waals surface area contributed by atoms with Gasteiger partial charge in [-0.2, -0.15) is 0 Å². The number of carboxylic acids is 1. The number of nitrogens with zero attached hydrogens (tertiary/aromatic N) is 1. The van der Waals surface area contributed by atoms with Gasteiger partial charge in [0, 0.05) is 21.8 Å². The second-order valence-electron chi connectivity index (χ2n) is 3.84. The maximum absolute atomic E-state index is 11.8. The number of thiophene rings is 1. The first-order valence-corrected chi connectivity index (χ1v) is 7.08. The fourth-order valence-electron chi connectivity index (χ4n) is 1.34. The lowest BCUT2D eigenvalue weighted by Gasteiger charge is -2.20. The van der Waals surface area contributed by atoms with Gasteiger partial charge in [-0.1, -0.05) is 6.92 Å². The van der Waals surface area contributed by atoms with E-state index < -0.39 is 12.0 Å². The van der Waals surface area contributed by atoms with Gasteiger partial charge in [-0.25, -0.2) is 9.59 Å². The molecule has 0 spiro atoms. The standard InChI is InChI=1S/C11H15BrN2O3S/c1-3-9(10(15)16)13-11(17)14(2)5-8-4-7(12)6-18-8/h4,6,9H,3,5H2,1-2H3,(H,13,17)(H,15,16). The summed E-state index contributed by atoms with van der Waals surface area (Å²) in [6.45, 7) is 2.17. The first-order valence-electron chi connectivity index (χ1n) is 5.41. The molecule has 2 amide bonds. The summed E-state index contributed by atoms with van der Waals surface area (Å²) >= 11 is 4.88. The van der Waals surface area contributed by atoms with E-state index in [1.807, 2.05) is 11.4 Å². The van der Waals surface area contributed by atoms with Crippen LogP contribution in [-0.4, -0.2) is 35.1 Å². The van der Waals surface area contributed by atoms with Crippen molar-refractivity contribution in [3.8, 4) is 0 Å². The topological polar surface area (TPSA) is 69.6 Å². The molecule has 0 fully saturated rings. The van der Waals surface area contributed by atoms with E-state index >= 15 is 0 Å². The van der Waals surface area contributed by atoms with Gasteiger partial charge in [-0.15, -0.1) is 11.3 Å². The molecule has 0 aliphatic heterocycles. The first kappa shape index (κ1) is 15.0. The van der Waals surface area contributed by atoms with Gasteiger partial charge >= 0.3 is 12.0 Å². The van der Waals surface area contributed by atoms with Crippen molar-refractivity contribution in [2.45, 2.75) is 25.9 Å². The van der Waals surface area contributed by atoms with Crippen LogP contribution in [0.4, 0.5) is 4.79 Å². The second-order valence-corrected chi connectivity index (χ2v) is 5.75. The molecule has 0 aliphatic carbocycles. The van der Waals surface area contributed by atoms with E-state index in [0.717, 1.165) is 9.35 Å². The minimum Gasteiger partial charge on any atom is -0.480 e. The van der Waals surface area contributed by atoms with Crippen molar-refractivity contribution in [2.24, 2.45) is 0 Å². The number of carbonyl (C=O) groups excluding carboxylic acids is 1. The maximum atomic E-state index is 11.8. The van der Waals surface area contributed by atoms with Crippen LogP contribution in [0.1, 0.15) is 18.2 Å². The summed E-state index contributed by atoms with van der Waals surface area (Å²) in [5.41, 5.74) is 0. The smallest absolute Gasteiger partial charge is 0.326 e. The molecule has 1 rings (SSSR count). The van der Waals surface area contributed by atoms with Crippen molar-refractivity contribution < 1.29 is 14.7 Å². The van der Waals surface area contributed by atoms with Gasteiger partial charge in [0.25, 0.3) is 0 Å². The third-order valence-electron chi connectivity index (χ3n) is 2.37. The van der Waals surface area contributed by atoms with E-state index in [0.29, 0.717) is 13.0 Å². The molecule has 1 atom stereocenters. The van der Waals surface area contributed by atoms with Crippen LogP contribution in [0, 0.1) is 0 Å². The van der Waals surface area contributed by atoms with Crippen molar-refractivity contribution in [1.29, 1.82) is 0 Å². The highest BCUT2D eigenvalue weighted by Crippen LogP contribution is 2.20. The molecular formula is C11H15BrN2O3S. The lowest BCUT2D eigenvalue weighted by atomic mass is 10.2. The van der Waals surface area contributed by atoms with Crippen molar-refractivity contribution in [2.75, 3.05) is 7.05 Å². The van der Waals surface area contributed by atoms with Gasteiger partial charge in [0.2, 0.25) is 0 Å². The number of nitrogens with one attached hydrogen (secondary N) is 1. The van der Waals surface area contributed by atoms with Gasteiger partial charge in [0.1, 0.15) is 6.04 Å². The van der Waals surface area contributed by atoms with Crippen LogP contribution in [0.15, 0.2) is 15.9 Å². The highest BCUT2D eigenvalue weighted by atomic mass is 79.9. The minimum absolute atomic E-state index is 0.361. The number of aliphatic carboxylic acids is 1. The molecule has 18 heavy (non-hydrogen) atoms. The van der Waals surface area contributed by atoms with Gasteiger partial charge in [-0.3, -0.25) is 0 Å². The van der Waals surface area contributed by atoms with Crippen LogP contribution in [-0.2, 0) is 11.3 Å². The molecule has 0 radical (unpaired) electrons. The summed E-state index contributed by atoms with van der Waals surface area (Å²) in [4.78, 5) is 25.1. The van der Waals surface area contributed by atoms with Crippen molar-refractivity contribution in [1.82, 2.24) is 10.2 Å². The zero-order valence-corrected chi connectivity index (χ0v) is 12.5. The van der Waals surface area contributed by atoms with Crippen LogP contribution in [0.3, 0.4) is 0 Å². The Balaban J connectivity index is 2.53. The van der Waals surface area contributed by atoms with Crippen LogP contribution in [0.2, 0.25) is 0 Å². The van der Waals surface area contributed by atoms with Crippen LogP contribution in [0.5, 0.6) is 0 Å². The second kappa shape index (κ2) is 6.75. The number of carboxylic acid groups (broad SMARTS) is 1. The summed E-state index contributed by atoms with van der Waals surface area (Å²) in [7, 11) is 1.64. The minimum atomic E-state index is -1.02. The fourth-order valence-corrected chi connectivity index (χ4v) is 2.84. The number of carbonyl (C=O) groups is 2. The van der Waals surface area contributed by atoms with E-state index in [2.05, 4.69) is 21.2 Å². The molecule has 0 saturated carbocycles. The quantitative estimate of drug-likeness (QED) is 0.869. The monoisotopic (exact) mass is 334 g/mol. The molecule has 1 aromatic heterocycles. The number of halogens is 1. The molecule has 7 heteroatoms. The third kappa shape index (κ3) is 4.30. The molecular weight excluding hydrogens is 320 g/mol. The van der Waals surface area contributed by atoms with Crippen molar-refractivity contribution in [3.63, 3.8) is 0 Å². The highest BCUT2D eigenvalue weighted by Gasteiger charge is 2.19. The molecule has 0 aliphatic rings. The lowest BCUT2D eigenvalue weighted by Crippen LogP contribution is -2.46. The fraction of sp³-hybridized carbons (Fsp3) is 0.455. The number of rotatable bonds is 5. The molecule has 5 nitrogen and oxygen atoms in total. The Hall–Kier alpha value is -1.08. The van der Waals surface area contributed by atoms with Crippen LogP contribution < -0.4 is 5.32 Å². The Morgan fingerprint density at radius 1 is 1.61 bits per heavy atom. The van der Waals surface area contributed by atoms with Crippen molar-refractivity contribution >= 4 is 39.3 Å². The van der Waals surface area contributed by atoms with E-state index in [9.17, 15) is 9.59 Å². The van der Waals surface area contributed by atoms with Gasteiger partial charge in [0.05, 0.1) is 6.54 Å². The zero-order chi connectivity index (χ0) is 13.7. The lowest BCUT2D eigenvalue weighted by molar-refractivity contribution is -0.139. The van der Waals surface area contributed by atoms with Crippen molar-refractivity contribution in [3.05, 3.63) is 20.8 Å². The summed E-state index contributed by atoms with van der Waals surface area (Å²) < 4.78 is 0.980. The summed E-state index contributed by atoms with van der Waals surface area (Å²) in [5.74, 6) is -1.02. The third-order valence-corrected chi connectivity index (χ3v) is 4.05. The van der Waals surface area contributed by atoms with Gasteiger partial charge in [-0.05, 0) is 28.4 Å². The average molecular weight is 335 g/mol. The largest absolute Gasteiger partial charge is 0.480 e. The Morgan fingerprint density at radius 3 is 2.72 bits per heavy atom. The number of urea groups is 1. The highest BCUT2D eigenvalue weighted by molar-refractivity contribution is 9.10. The molecule has 1 unspecified atom stereocenters. The van der Waals surface area contributed by atoms with Gasteiger partial charge < -0.3 is 15.3 Å². The normalized spacial score (nSPS) is 11.9. The maximum Gasteiger partial charge on any atom is 0.326 e. The summed E-state index contributed by atoms with van der Waals surface area (Å²) in [6.07, 6.45) is 0.361. The average Bonchev–Trinajstić information content (AvgIpc) is 2.70. The number of hydrogen-bond donors (Lipinski definition) is 2. The van der Waals surface area contributed by atoms with E-state index in [1.54, 1.807) is 25.3 Å². The Bertz CT molecular complexity index is 436.